The summed E-state index contributed by atoms with van der Waals surface area (Å²) in [6, 6.07) is 20.1. The number of phenolic OH excluding ortho intramolecular Hbond substituents is 1. The molecule has 0 aliphatic carbocycles. The molecular weight excluding hydrogens is 672 g/mol. The number of fused-ring (bicyclic) bond motifs is 1. The Morgan fingerprint density at radius 1 is 0.766 bits per heavy atom. The van der Waals surface area contributed by atoms with Gasteiger partial charge in [-0.15, -0.1) is 5.11 Å². The van der Waals surface area contributed by atoms with E-state index in [1.807, 2.05) is 0 Å². The van der Waals surface area contributed by atoms with Gasteiger partial charge >= 0.3 is 0 Å². The van der Waals surface area contributed by atoms with Crippen LogP contribution in [0.5, 0.6) is 5.75 Å². The molecule has 0 radical (unpaired) electrons. The first-order valence-electron chi connectivity index (χ1n) is 13.3. The maximum absolute atomic E-state index is 12.5. The smallest absolute Gasteiger partial charge is 0.296 e. The number of carbonyl (C=O) groups is 1. The highest BCUT2D eigenvalue weighted by Gasteiger charge is 2.23. The number of nitrogens with one attached hydrogen (secondary N) is 1. The summed E-state index contributed by atoms with van der Waals surface area (Å²) >= 11 is 5.80. The number of benzene rings is 5. The molecule has 1 amide bonds. The topological polar surface area (TPSA) is 234 Å². The molecule has 0 heterocycles. The molecule has 5 aromatic carbocycles. The van der Waals surface area contributed by atoms with Crippen molar-refractivity contribution in [1.82, 2.24) is 0 Å². The van der Waals surface area contributed by atoms with E-state index < -0.39 is 41.5 Å². The third-order valence-electron chi connectivity index (χ3n) is 6.67. The fourth-order valence-electron chi connectivity index (χ4n) is 4.35. The summed E-state index contributed by atoms with van der Waals surface area (Å²) in [4.78, 5) is 11.1. The summed E-state index contributed by atoms with van der Waals surface area (Å²) in [5.41, 5.74) is 7.83. The maximum Gasteiger partial charge on any atom is 0.296 e. The average molecular weight is 695 g/mol. The first-order valence-corrected chi connectivity index (χ1v) is 16.5. The largest absolute Gasteiger partial charge is 0.505 e. The Morgan fingerprint density at radius 2 is 1.40 bits per heavy atom. The van der Waals surface area contributed by atoms with Crippen LogP contribution in [0, 0.1) is 6.92 Å². The van der Waals surface area contributed by atoms with E-state index in [0.717, 1.165) is 18.2 Å². The number of anilines is 2. The van der Waals surface area contributed by atoms with Crippen molar-refractivity contribution in [2.45, 2.75) is 16.7 Å². The zero-order chi connectivity index (χ0) is 34.1. The molecule has 0 aliphatic heterocycles. The van der Waals surface area contributed by atoms with Gasteiger partial charge < -0.3 is 16.2 Å². The van der Waals surface area contributed by atoms with Crippen molar-refractivity contribution < 1.29 is 35.8 Å². The van der Waals surface area contributed by atoms with E-state index in [1.54, 1.807) is 49.4 Å². The standard InChI is InChI=1S/C30H23ClN6O8S2/c1-16-12-20(33-30(39)17-2-4-19(32)5-3-17)8-11-25(16)36-34-21-6-9-23-18(13-21)14-27(47(43,44)45)28(29(23)38)37-35-22-7-10-24(31)26(15-22)46(40,41)42/h2-15,38H,32H2,1H3,(H,33,39)(H,40,41,42)(H,43,44,45). The van der Waals surface area contributed by atoms with Crippen LogP contribution in [0.3, 0.4) is 0 Å². The summed E-state index contributed by atoms with van der Waals surface area (Å²) in [5.74, 6) is -0.970. The highest BCUT2D eigenvalue weighted by atomic mass is 35.5. The van der Waals surface area contributed by atoms with Crippen molar-refractivity contribution in [3.05, 3.63) is 101 Å². The Kier molecular flexibility index (Phi) is 9.06. The molecular formula is C30H23ClN6O8S2. The van der Waals surface area contributed by atoms with Crippen LogP contribution in [-0.4, -0.2) is 37.0 Å². The highest BCUT2D eigenvalue weighted by molar-refractivity contribution is 7.86. The van der Waals surface area contributed by atoms with Gasteiger partial charge in [0.05, 0.1) is 22.1 Å². The predicted molar refractivity (Wildman–Crippen MR) is 175 cm³/mol. The van der Waals surface area contributed by atoms with Crippen molar-refractivity contribution in [2.75, 3.05) is 11.1 Å². The van der Waals surface area contributed by atoms with Crippen molar-refractivity contribution in [3.63, 3.8) is 0 Å². The monoisotopic (exact) mass is 694 g/mol. The van der Waals surface area contributed by atoms with Crippen molar-refractivity contribution >= 4 is 82.6 Å². The Bertz CT molecular complexity index is 2350. The van der Waals surface area contributed by atoms with Gasteiger partial charge in [0.1, 0.15) is 15.5 Å². The lowest BCUT2D eigenvalue weighted by molar-refractivity contribution is 0.102. The second kappa shape index (κ2) is 12.9. The van der Waals surface area contributed by atoms with Crippen LogP contribution in [0.1, 0.15) is 15.9 Å². The highest BCUT2D eigenvalue weighted by Crippen LogP contribution is 2.42. The second-order valence-electron chi connectivity index (χ2n) is 10.0. The lowest BCUT2D eigenvalue weighted by Crippen LogP contribution is -2.11. The molecule has 6 N–H and O–H groups in total. The number of nitrogen functional groups attached to an aromatic ring is 1. The van der Waals surface area contributed by atoms with Crippen molar-refractivity contribution in [3.8, 4) is 5.75 Å². The van der Waals surface area contributed by atoms with Gasteiger partial charge in [-0.3, -0.25) is 13.9 Å². The third-order valence-corrected chi connectivity index (χ3v) is 8.87. The van der Waals surface area contributed by atoms with E-state index in [9.17, 15) is 35.8 Å². The van der Waals surface area contributed by atoms with Gasteiger partial charge in [-0.1, -0.05) is 11.6 Å². The molecule has 0 spiro atoms. The van der Waals surface area contributed by atoms with Crippen LogP contribution < -0.4 is 11.1 Å². The first kappa shape index (κ1) is 33.1. The minimum atomic E-state index is -4.96. The van der Waals surface area contributed by atoms with Crippen LogP contribution >= 0.6 is 11.6 Å². The van der Waals surface area contributed by atoms with Gasteiger partial charge in [-0.2, -0.15) is 32.2 Å². The number of azo groups is 2. The number of aryl methyl sites for hydroxylation is 1. The quantitative estimate of drug-likeness (QED) is 0.0608. The molecule has 0 unspecified atom stereocenters. The van der Waals surface area contributed by atoms with Crippen LogP contribution in [0.2, 0.25) is 5.02 Å². The minimum Gasteiger partial charge on any atom is -0.505 e. The van der Waals surface area contributed by atoms with Gasteiger partial charge in [0.15, 0.2) is 5.75 Å². The number of halogens is 1. The average Bonchev–Trinajstić information content (AvgIpc) is 3.00. The molecule has 47 heavy (non-hydrogen) atoms. The van der Waals surface area contributed by atoms with Crippen LogP contribution in [0.15, 0.2) is 115 Å². The number of phenols is 1. The SMILES string of the molecule is Cc1cc(NC(=O)c2ccc(N)cc2)ccc1N=Nc1ccc2c(O)c(N=Nc3ccc(Cl)c(S(=O)(=O)O)c3)c(S(=O)(=O)O)cc2c1. The van der Waals surface area contributed by atoms with Crippen LogP contribution in [0.25, 0.3) is 10.8 Å². The second-order valence-corrected chi connectivity index (χ2v) is 13.2. The summed E-state index contributed by atoms with van der Waals surface area (Å²) in [6.07, 6.45) is 0. The van der Waals surface area contributed by atoms with Gasteiger partial charge in [0.2, 0.25) is 0 Å². The molecule has 0 bridgehead atoms. The summed E-state index contributed by atoms with van der Waals surface area (Å²) in [7, 11) is -9.66. The van der Waals surface area contributed by atoms with Gasteiger partial charge in [0.25, 0.3) is 26.1 Å². The zero-order valence-electron chi connectivity index (χ0n) is 24.0. The minimum absolute atomic E-state index is 0.123. The number of carbonyl (C=O) groups excluding carboxylic acids is 1. The van der Waals surface area contributed by atoms with Gasteiger partial charge in [0, 0.05) is 22.3 Å². The van der Waals surface area contributed by atoms with Crippen molar-refractivity contribution in [1.29, 1.82) is 0 Å². The van der Waals surface area contributed by atoms with Crippen LogP contribution in [-0.2, 0) is 20.2 Å². The van der Waals surface area contributed by atoms with Gasteiger partial charge in [-0.05, 0) is 103 Å². The summed E-state index contributed by atoms with van der Waals surface area (Å²) in [5, 5.41) is 29.7. The molecule has 5 aromatic rings. The fraction of sp³-hybridized carbons (Fsp3) is 0.0333. The van der Waals surface area contributed by atoms with E-state index in [4.69, 9.17) is 17.3 Å². The van der Waals surface area contributed by atoms with E-state index in [0.29, 0.717) is 28.2 Å². The molecule has 240 valence electrons. The number of nitrogens with zero attached hydrogens (tertiary/aromatic N) is 4. The number of hydrogen-bond acceptors (Lipinski definition) is 11. The van der Waals surface area contributed by atoms with Gasteiger partial charge in [-0.25, -0.2) is 0 Å². The molecule has 14 nitrogen and oxygen atoms in total. The molecule has 17 heteroatoms. The predicted octanol–water partition coefficient (Wildman–Crippen LogP) is 7.67. The number of nitrogens with two attached hydrogens (primary N) is 1. The van der Waals surface area contributed by atoms with E-state index in [1.165, 1.54) is 24.3 Å². The summed E-state index contributed by atoms with van der Waals surface area (Å²) < 4.78 is 66.9. The Balaban J connectivity index is 1.43. The first-order chi connectivity index (χ1) is 22.1. The Hall–Kier alpha value is -5.26. The Labute approximate surface area is 272 Å². The normalized spacial score (nSPS) is 12.3. The molecule has 0 aromatic heterocycles. The van der Waals surface area contributed by atoms with E-state index in [-0.39, 0.29) is 33.1 Å². The lowest BCUT2D eigenvalue weighted by atomic mass is 10.1. The van der Waals surface area contributed by atoms with Crippen molar-refractivity contribution in [2.24, 2.45) is 20.5 Å². The number of hydrogen-bond donors (Lipinski definition) is 5. The zero-order valence-corrected chi connectivity index (χ0v) is 26.4. The Morgan fingerprint density at radius 3 is 2.06 bits per heavy atom. The molecule has 0 atom stereocenters. The molecule has 0 saturated heterocycles. The lowest BCUT2D eigenvalue weighted by Gasteiger charge is -2.09. The van der Waals surface area contributed by atoms with E-state index >= 15 is 0 Å². The molecule has 5 rings (SSSR count). The number of amides is 1. The third kappa shape index (κ3) is 7.59. The molecule has 0 aliphatic rings. The fourth-order valence-corrected chi connectivity index (χ4v) is 6.00. The van der Waals surface area contributed by atoms with Crippen LogP contribution in [0.4, 0.5) is 34.1 Å². The molecule has 0 saturated carbocycles. The summed E-state index contributed by atoms with van der Waals surface area (Å²) in [6.45, 7) is 1.77. The number of rotatable bonds is 8. The molecule has 0 fully saturated rings. The maximum atomic E-state index is 12.5. The number of aromatic hydroxyl groups is 1. The van der Waals surface area contributed by atoms with E-state index in [2.05, 4.69) is 25.8 Å².